The van der Waals surface area contributed by atoms with Crippen LogP contribution in [0.5, 0.6) is 0 Å². The van der Waals surface area contributed by atoms with Crippen LogP contribution in [0.3, 0.4) is 0 Å². The Kier molecular flexibility index (Phi) is 2.76. The molecule has 0 saturated carbocycles. The predicted molar refractivity (Wildman–Crippen MR) is 63.9 cm³/mol. The second kappa shape index (κ2) is 4.42. The van der Waals surface area contributed by atoms with Crippen molar-refractivity contribution in [1.29, 1.82) is 0 Å². The molecule has 0 bridgehead atoms. The third kappa shape index (κ3) is 1.97. The summed E-state index contributed by atoms with van der Waals surface area (Å²) in [5.74, 6) is -0.291. The molecule has 0 unspecified atom stereocenters. The predicted octanol–water partition coefficient (Wildman–Crippen LogP) is 1.44. The number of hydrogen-bond donors (Lipinski definition) is 1. The number of nitrogens with zero attached hydrogens (tertiary/aromatic N) is 1. The molecule has 0 spiro atoms. The van der Waals surface area contributed by atoms with E-state index in [9.17, 15) is 9.18 Å². The van der Waals surface area contributed by atoms with Gasteiger partial charge >= 0.3 is 0 Å². The average molecular weight is 248 g/mol. The van der Waals surface area contributed by atoms with Crippen molar-refractivity contribution in [1.82, 2.24) is 9.78 Å². The largest absolute Gasteiger partial charge is 0.376 e. The number of rotatable bonds is 2. The van der Waals surface area contributed by atoms with E-state index in [1.54, 1.807) is 12.1 Å². The lowest BCUT2D eigenvalue weighted by molar-refractivity contribution is 0.109. The first-order valence-electron chi connectivity index (χ1n) is 5.87. The van der Waals surface area contributed by atoms with Crippen molar-refractivity contribution in [2.45, 2.75) is 19.6 Å². The summed E-state index contributed by atoms with van der Waals surface area (Å²) in [7, 11) is 0. The molecular weight excluding hydrogens is 235 g/mol. The molecule has 1 N–H and O–H groups in total. The van der Waals surface area contributed by atoms with Gasteiger partial charge in [-0.25, -0.2) is 9.07 Å². The number of fused-ring (bicyclic) bond motifs is 1. The van der Waals surface area contributed by atoms with Gasteiger partial charge in [0.15, 0.2) is 0 Å². The van der Waals surface area contributed by atoms with E-state index >= 15 is 0 Å². The first-order chi connectivity index (χ1) is 8.74. The van der Waals surface area contributed by atoms with Crippen LogP contribution in [0.2, 0.25) is 0 Å². The molecule has 4 nitrogen and oxygen atoms in total. The lowest BCUT2D eigenvalue weighted by Crippen LogP contribution is -2.21. The van der Waals surface area contributed by atoms with Gasteiger partial charge in [-0.05, 0) is 17.7 Å². The van der Waals surface area contributed by atoms with Crippen LogP contribution in [0.15, 0.2) is 29.1 Å². The van der Waals surface area contributed by atoms with Gasteiger partial charge in [0.05, 0.1) is 25.3 Å². The van der Waals surface area contributed by atoms with Gasteiger partial charge in [-0.2, -0.15) is 0 Å². The number of ether oxygens (including phenoxy) is 1. The van der Waals surface area contributed by atoms with E-state index < -0.39 is 0 Å². The fraction of sp³-hybridized carbons (Fsp3) is 0.308. The molecule has 2 aromatic rings. The Morgan fingerprint density at radius 1 is 1.44 bits per heavy atom. The molecule has 5 heteroatoms. The molecule has 0 fully saturated rings. The quantitative estimate of drug-likeness (QED) is 0.874. The number of halogens is 1. The molecule has 0 radical (unpaired) electrons. The zero-order valence-electron chi connectivity index (χ0n) is 9.78. The number of hydrogen-bond acceptors (Lipinski definition) is 2. The third-order valence-electron chi connectivity index (χ3n) is 3.11. The Labute approximate surface area is 103 Å². The molecule has 2 heterocycles. The highest BCUT2D eigenvalue weighted by molar-refractivity contribution is 5.21. The summed E-state index contributed by atoms with van der Waals surface area (Å²) >= 11 is 0. The Morgan fingerprint density at radius 3 is 3.11 bits per heavy atom. The van der Waals surface area contributed by atoms with Crippen molar-refractivity contribution >= 4 is 0 Å². The molecule has 1 aromatic heterocycles. The van der Waals surface area contributed by atoms with Crippen molar-refractivity contribution in [3.8, 4) is 0 Å². The normalized spacial score (nSPS) is 14.5. The van der Waals surface area contributed by atoms with Gasteiger partial charge in [0.25, 0.3) is 5.56 Å². The molecule has 3 rings (SSSR count). The van der Waals surface area contributed by atoms with Crippen LogP contribution in [0, 0.1) is 5.82 Å². The van der Waals surface area contributed by atoms with Gasteiger partial charge in [0.2, 0.25) is 0 Å². The minimum absolute atomic E-state index is 0.0750. The number of aromatic nitrogens is 2. The number of H-pyrrole nitrogens is 1. The van der Waals surface area contributed by atoms with Crippen molar-refractivity contribution in [2.75, 3.05) is 6.61 Å². The number of nitrogens with one attached hydrogen (secondary N) is 1. The highest BCUT2D eigenvalue weighted by Gasteiger charge is 2.17. The summed E-state index contributed by atoms with van der Waals surface area (Å²) in [5, 5.41) is 3.07. The van der Waals surface area contributed by atoms with Gasteiger partial charge in [0.1, 0.15) is 5.82 Å². The van der Waals surface area contributed by atoms with Gasteiger partial charge < -0.3 is 4.74 Å². The van der Waals surface area contributed by atoms with E-state index in [1.807, 2.05) is 0 Å². The monoisotopic (exact) mass is 248 g/mol. The summed E-state index contributed by atoms with van der Waals surface area (Å²) in [5.41, 5.74) is 2.31. The molecule has 0 saturated heterocycles. The van der Waals surface area contributed by atoms with E-state index in [1.165, 1.54) is 16.8 Å². The summed E-state index contributed by atoms with van der Waals surface area (Å²) in [6.45, 7) is 1.34. The van der Waals surface area contributed by atoms with Crippen LogP contribution in [-0.4, -0.2) is 16.4 Å². The van der Waals surface area contributed by atoms with Crippen LogP contribution >= 0.6 is 0 Å². The maximum Gasteiger partial charge on any atom is 0.272 e. The van der Waals surface area contributed by atoms with Gasteiger partial charge in [-0.1, -0.05) is 12.1 Å². The Bertz CT molecular complexity index is 630. The molecule has 0 atom stereocenters. The standard InChI is InChI=1S/C13H13FN2O2/c14-10-3-1-2-9(6-10)7-16-13(17)11-8-18-5-4-12(11)15-16/h1-3,6,15H,4-5,7-8H2. The SMILES string of the molecule is O=c1c2c([nH]n1Cc1cccc(F)c1)CCOC2. The van der Waals surface area contributed by atoms with E-state index in [-0.39, 0.29) is 11.4 Å². The van der Waals surface area contributed by atoms with E-state index in [0.29, 0.717) is 25.3 Å². The van der Waals surface area contributed by atoms with Crippen LogP contribution in [0.1, 0.15) is 16.8 Å². The van der Waals surface area contributed by atoms with Crippen LogP contribution in [0.25, 0.3) is 0 Å². The lowest BCUT2D eigenvalue weighted by atomic mass is 10.2. The smallest absolute Gasteiger partial charge is 0.272 e. The highest BCUT2D eigenvalue weighted by atomic mass is 19.1. The fourth-order valence-electron chi connectivity index (χ4n) is 2.21. The van der Waals surface area contributed by atoms with Gasteiger partial charge in [-0.15, -0.1) is 0 Å². The first kappa shape index (κ1) is 11.2. The number of benzene rings is 1. The Morgan fingerprint density at radius 2 is 2.33 bits per heavy atom. The van der Waals surface area contributed by atoms with Crippen LogP contribution in [0.4, 0.5) is 4.39 Å². The highest BCUT2D eigenvalue weighted by Crippen LogP contribution is 2.11. The fourth-order valence-corrected chi connectivity index (χ4v) is 2.21. The van der Waals surface area contributed by atoms with Crippen LogP contribution in [-0.2, 0) is 24.3 Å². The maximum absolute atomic E-state index is 13.1. The summed E-state index contributed by atoms with van der Waals surface area (Å²) in [4.78, 5) is 12.1. The number of aromatic amines is 1. The summed E-state index contributed by atoms with van der Waals surface area (Å²) < 4.78 is 19.9. The van der Waals surface area contributed by atoms with E-state index in [2.05, 4.69) is 5.10 Å². The molecule has 1 aromatic carbocycles. The second-order valence-corrected chi connectivity index (χ2v) is 4.39. The zero-order valence-corrected chi connectivity index (χ0v) is 9.78. The summed E-state index contributed by atoms with van der Waals surface area (Å²) in [6.07, 6.45) is 0.723. The average Bonchev–Trinajstić information content (AvgIpc) is 2.67. The van der Waals surface area contributed by atoms with Crippen molar-refractivity contribution < 1.29 is 9.13 Å². The molecule has 0 amide bonds. The minimum atomic E-state index is -0.291. The Balaban J connectivity index is 1.94. The third-order valence-corrected chi connectivity index (χ3v) is 3.11. The maximum atomic E-state index is 13.1. The van der Waals surface area contributed by atoms with Gasteiger partial charge in [0, 0.05) is 12.1 Å². The topological polar surface area (TPSA) is 47.0 Å². The minimum Gasteiger partial charge on any atom is -0.376 e. The van der Waals surface area contributed by atoms with E-state index in [0.717, 1.165) is 17.7 Å². The molecule has 18 heavy (non-hydrogen) atoms. The molecule has 94 valence electrons. The molecule has 1 aliphatic heterocycles. The zero-order chi connectivity index (χ0) is 12.5. The first-order valence-corrected chi connectivity index (χ1v) is 5.87. The van der Waals surface area contributed by atoms with Crippen molar-refractivity contribution in [2.24, 2.45) is 0 Å². The molecular formula is C13H13FN2O2. The second-order valence-electron chi connectivity index (χ2n) is 4.39. The molecule has 0 aliphatic carbocycles. The lowest BCUT2D eigenvalue weighted by Gasteiger charge is -2.08. The van der Waals surface area contributed by atoms with Crippen molar-refractivity contribution in [3.05, 3.63) is 57.3 Å². The summed E-state index contributed by atoms with van der Waals surface area (Å²) in [6, 6.07) is 6.26. The Hall–Kier alpha value is -1.88. The van der Waals surface area contributed by atoms with E-state index in [4.69, 9.17) is 4.74 Å². The van der Waals surface area contributed by atoms with Gasteiger partial charge in [-0.3, -0.25) is 9.89 Å². The van der Waals surface area contributed by atoms with Crippen molar-refractivity contribution in [3.63, 3.8) is 0 Å². The molecule has 1 aliphatic rings. The van der Waals surface area contributed by atoms with Crippen LogP contribution < -0.4 is 5.56 Å².